The van der Waals surface area contributed by atoms with Crippen molar-refractivity contribution < 1.29 is 9.59 Å². The molecule has 0 saturated heterocycles. The Kier molecular flexibility index (Phi) is 4.64. The number of ketones is 1. The van der Waals surface area contributed by atoms with Gasteiger partial charge in [0.25, 0.3) is 0 Å². The number of amides is 1. The topological polar surface area (TPSA) is 72.2 Å². The number of hydrogen-bond acceptors (Lipinski definition) is 3. The van der Waals surface area contributed by atoms with Crippen LogP contribution in [0.5, 0.6) is 0 Å². The summed E-state index contributed by atoms with van der Waals surface area (Å²) < 4.78 is 0.686. The smallest absolute Gasteiger partial charge is 0.221 e. The van der Waals surface area contributed by atoms with Gasteiger partial charge in [-0.25, -0.2) is 0 Å². The van der Waals surface area contributed by atoms with Crippen LogP contribution in [-0.4, -0.2) is 18.2 Å². The van der Waals surface area contributed by atoms with Gasteiger partial charge in [-0.2, -0.15) is 0 Å². The fraction of sp³-hybridized carbons (Fsp3) is 0.273. The molecular weight excluding hydrogens is 272 g/mol. The number of nitrogens with one attached hydrogen (secondary N) is 1. The van der Waals surface area contributed by atoms with Crippen molar-refractivity contribution in [3.8, 4) is 0 Å². The fourth-order valence-electron chi connectivity index (χ4n) is 1.33. The minimum Gasteiger partial charge on any atom is -0.330 e. The number of anilines is 1. The number of hydrogen-bond donors (Lipinski definition) is 2. The standard InChI is InChI=1S/C11H13BrN2O2/c1-7(15)14-11-8(10(16)5-6-13)3-2-4-9(11)12/h2-4H,5-6,13H2,1H3,(H,14,15). The number of nitrogens with two attached hydrogens (primary N) is 1. The molecule has 0 aliphatic rings. The molecule has 3 N–H and O–H groups in total. The first-order valence-electron chi connectivity index (χ1n) is 4.85. The van der Waals surface area contributed by atoms with Crippen LogP contribution < -0.4 is 11.1 Å². The number of carbonyl (C=O) groups is 2. The SMILES string of the molecule is CC(=O)Nc1c(Br)cccc1C(=O)CCN. The molecule has 1 amide bonds. The van der Waals surface area contributed by atoms with Crippen LogP contribution in [0.3, 0.4) is 0 Å². The number of Topliss-reactive ketones (excluding diaryl/α,β-unsaturated/α-hetero) is 1. The van der Waals surface area contributed by atoms with E-state index in [1.54, 1.807) is 18.2 Å². The molecule has 1 aromatic rings. The minimum atomic E-state index is -0.214. The molecule has 0 atom stereocenters. The molecule has 0 spiro atoms. The summed E-state index contributed by atoms with van der Waals surface area (Å²) in [4.78, 5) is 22.8. The van der Waals surface area contributed by atoms with Crippen molar-refractivity contribution in [2.24, 2.45) is 5.73 Å². The second kappa shape index (κ2) is 5.77. The van der Waals surface area contributed by atoms with Crippen molar-refractivity contribution >= 4 is 33.3 Å². The molecule has 0 heterocycles. The van der Waals surface area contributed by atoms with E-state index in [-0.39, 0.29) is 18.1 Å². The lowest BCUT2D eigenvalue weighted by molar-refractivity contribution is -0.114. The molecule has 0 aliphatic heterocycles. The van der Waals surface area contributed by atoms with Crippen molar-refractivity contribution in [1.82, 2.24) is 0 Å². The Morgan fingerprint density at radius 3 is 2.69 bits per heavy atom. The van der Waals surface area contributed by atoms with Gasteiger partial charge in [0.1, 0.15) is 0 Å². The Balaban J connectivity index is 3.11. The van der Waals surface area contributed by atoms with Gasteiger partial charge in [0, 0.05) is 23.4 Å². The Labute approximate surface area is 102 Å². The van der Waals surface area contributed by atoms with E-state index in [1.165, 1.54) is 6.92 Å². The molecule has 16 heavy (non-hydrogen) atoms. The highest BCUT2D eigenvalue weighted by molar-refractivity contribution is 9.10. The molecule has 0 saturated carbocycles. The molecule has 5 heteroatoms. The van der Waals surface area contributed by atoms with Gasteiger partial charge < -0.3 is 11.1 Å². The van der Waals surface area contributed by atoms with Crippen LogP contribution in [0, 0.1) is 0 Å². The van der Waals surface area contributed by atoms with Crippen molar-refractivity contribution in [2.45, 2.75) is 13.3 Å². The van der Waals surface area contributed by atoms with Crippen molar-refractivity contribution in [3.05, 3.63) is 28.2 Å². The first-order valence-corrected chi connectivity index (χ1v) is 5.65. The Morgan fingerprint density at radius 2 is 2.12 bits per heavy atom. The summed E-state index contributed by atoms with van der Waals surface area (Å²) in [6.07, 6.45) is 0.267. The largest absolute Gasteiger partial charge is 0.330 e. The summed E-state index contributed by atoms with van der Waals surface area (Å²) in [6, 6.07) is 5.19. The van der Waals surface area contributed by atoms with Crippen molar-refractivity contribution in [3.63, 3.8) is 0 Å². The number of para-hydroxylation sites is 1. The first-order chi connectivity index (χ1) is 7.56. The van der Waals surface area contributed by atoms with Crippen LogP contribution in [0.2, 0.25) is 0 Å². The lowest BCUT2D eigenvalue weighted by Gasteiger charge is -2.10. The van der Waals surface area contributed by atoms with E-state index in [0.29, 0.717) is 22.3 Å². The van der Waals surface area contributed by atoms with E-state index >= 15 is 0 Å². The van der Waals surface area contributed by atoms with Crippen LogP contribution in [0.4, 0.5) is 5.69 Å². The summed E-state index contributed by atoms with van der Waals surface area (Å²) in [7, 11) is 0. The maximum absolute atomic E-state index is 11.7. The van der Waals surface area contributed by atoms with Crippen LogP contribution >= 0.6 is 15.9 Å². The summed E-state index contributed by atoms with van der Waals surface area (Å²) in [6.45, 7) is 1.70. The van der Waals surface area contributed by atoms with Gasteiger partial charge in [-0.3, -0.25) is 9.59 Å². The minimum absolute atomic E-state index is 0.0763. The van der Waals surface area contributed by atoms with Crippen LogP contribution in [0.25, 0.3) is 0 Å². The van der Waals surface area contributed by atoms with Gasteiger partial charge >= 0.3 is 0 Å². The number of rotatable bonds is 4. The predicted molar refractivity (Wildman–Crippen MR) is 66.4 cm³/mol. The van der Waals surface area contributed by atoms with Gasteiger partial charge in [-0.1, -0.05) is 6.07 Å². The summed E-state index contributed by atoms with van der Waals surface area (Å²) in [5.41, 5.74) is 6.33. The molecule has 0 unspecified atom stereocenters. The lowest BCUT2D eigenvalue weighted by atomic mass is 10.1. The van der Waals surface area contributed by atoms with Gasteiger partial charge in [0.2, 0.25) is 5.91 Å². The maximum Gasteiger partial charge on any atom is 0.221 e. The Bertz CT molecular complexity index is 418. The van der Waals surface area contributed by atoms with E-state index in [9.17, 15) is 9.59 Å². The molecule has 86 valence electrons. The Morgan fingerprint density at radius 1 is 1.44 bits per heavy atom. The average molecular weight is 285 g/mol. The number of carbonyl (C=O) groups excluding carboxylic acids is 2. The third kappa shape index (κ3) is 3.15. The van der Waals surface area contributed by atoms with Crippen molar-refractivity contribution in [2.75, 3.05) is 11.9 Å². The van der Waals surface area contributed by atoms with Crippen LogP contribution in [0.15, 0.2) is 22.7 Å². The van der Waals surface area contributed by atoms with Gasteiger partial charge in [-0.15, -0.1) is 0 Å². The molecule has 0 radical (unpaired) electrons. The van der Waals surface area contributed by atoms with E-state index in [2.05, 4.69) is 21.2 Å². The highest BCUT2D eigenvalue weighted by Gasteiger charge is 2.13. The summed E-state index contributed by atoms with van der Waals surface area (Å²) in [5, 5.41) is 2.63. The summed E-state index contributed by atoms with van der Waals surface area (Å²) >= 11 is 3.30. The molecule has 0 fully saturated rings. The molecule has 0 aliphatic carbocycles. The van der Waals surface area contributed by atoms with E-state index in [0.717, 1.165) is 0 Å². The summed E-state index contributed by atoms with van der Waals surface area (Å²) in [5.74, 6) is -0.291. The highest BCUT2D eigenvalue weighted by Crippen LogP contribution is 2.27. The fourth-order valence-corrected chi connectivity index (χ4v) is 1.79. The third-order valence-electron chi connectivity index (χ3n) is 1.99. The molecule has 0 bridgehead atoms. The number of halogens is 1. The zero-order chi connectivity index (χ0) is 12.1. The normalized spacial score (nSPS) is 9.94. The second-order valence-corrected chi connectivity index (χ2v) is 4.16. The molecule has 1 aromatic carbocycles. The third-order valence-corrected chi connectivity index (χ3v) is 2.65. The predicted octanol–water partition coefficient (Wildman–Crippen LogP) is 1.94. The van der Waals surface area contributed by atoms with Gasteiger partial charge in [0.15, 0.2) is 5.78 Å². The number of benzene rings is 1. The maximum atomic E-state index is 11.7. The lowest BCUT2D eigenvalue weighted by Crippen LogP contribution is -2.14. The van der Waals surface area contributed by atoms with E-state index in [4.69, 9.17) is 5.73 Å². The Hall–Kier alpha value is -1.20. The first kappa shape index (κ1) is 12.9. The monoisotopic (exact) mass is 284 g/mol. The van der Waals surface area contributed by atoms with Gasteiger partial charge in [-0.05, 0) is 34.6 Å². The zero-order valence-corrected chi connectivity index (χ0v) is 10.5. The van der Waals surface area contributed by atoms with E-state index < -0.39 is 0 Å². The second-order valence-electron chi connectivity index (χ2n) is 3.31. The van der Waals surface area contributed by atoms with E-state index in [1.807, 2.05) is 0 Å². The quantitative estimate of drug-likeness (QED) is 0.830. The molecular formula is C11H13BrN2O2. The highest BCUT2D eigenvalue weighted by atomic mass is 79.9. The van der Waals surface area contributed by atoms with Gasteiger partial charge in [0.05, 0.1) is 5.69 Å². The average Bonchev–Trinajstić information content (AvgIpc) is 2.20. The van der Waals surface area contributed by atoms with Crippen molar-refractivity contribution in [1.29, 1.82) is 0 Å². The molecule has 0 aromatic heterocycles. The molecule has 4 nitrogen and oxygen atoms in total. The van der Waals surface area contributed by atoms with Crippen LogP contribution in [0.1, 0.15) is 23.7 Å². The molecule has 1 rings (SSSR count). The van der Waals surface area contributed by atoms with Crippen LogP contribution in [-0.2, 0) is 4.79 Å². The zero-order valence-electron chi connectivity index (χ0n) is 8.92.